The van der Waals surface area contributed by atoms with Crippen molar-refractivity contribution in [3.8, 4) is 0 Å². The molecule has 0 heterocycles. The van der Waals surface area contributed by atoms with Gasteiger partial charge in [-0.1, -0.05) is 58.4 Å². The van der Waals surface area contributed by atoms with Crippen LogP contribution in [0.1, 0.15) is 12.5 Å². The fourth-order valence-electron chi connectivity index (χ4n) is 1.90. The summed E-state index contributed by atoms with van der Waals surface area (Å²) in [6, 6.07) is 14.5. The van der Waals surface area contributed by atoms with Gasteiger partial charge in [-0.25, -0.2) is 0 Å². The molecule has 0 bridgehead atoms. The Hall–Kier alpha value is -1.35. The molecule has 18 heavy (non-hydrogen) atoms. The number of carbonyl (C=O) groups excluding carboxylic acids is 1. The first kappa shape index (κ1) is 13.1. The van der Waals surface area contributed by atoms with E-state index in [2.05, 4.69) is 45.5 Å². The Labute approximate surface area is 116 Å². The van der Waals surface area contributed by atoms with Gasteiger partial charge in [0.05, 0.1) is 6.42 Å². The lowest BCUT2D eigenvalue weighted by molar-refractivity contribution is -0.120. The average Bonchev–Trinajstić information content (AvgIpc) is 2.38. The van der Waals surface area contributed by atoms with Crippen LogP contribution in [0.2, 0.25) is 0 Å². The summed E-state index contributed by atoms with van der Waals surface area (Å²) >= 11 is 3.35. The molecular formula is C15H16BrNO. The number of amides is 1. The highest BCUT2D eigenvalue weighted by Crippen LogP contribution is 2.15. The topological polar surface area (TPSA) is 29.1 Å². The van der Waals surface area contributed by atoms with E-state index in [0.29, 0.717) is 6.42 Å². The number of alkyl halides is 1. The SMILES string of the molecule is CC(CBr)NC(=O)Cc1ccc2ccccc2c1. The molecule has 2 nitrogen and oxygen atoms in total. The van der Waals surface area contributed by atoms with E-state index in [9.17, 15) is 4.79 Å². The van der Waals surface area contributed by atoms with E-state index in [4.69, 9.17) is 0 Å². The first-order chi connectivity index (χ1) is 8.69. The quantitative estimate of drug-likeness (QED) is 0.863. The van der Waals surface area contributed by atoms with E-state index in [1.54, 1.807) is 0 Å². The van der Waals surface area contributed by atoms with Crippen LogP contribution in [-0.2, 0) is 11.2 Å². The van der Waals surface area contributed by atoms with Gasteiger partial charge in [0, 0.05) is 11.4 Å². The standard InChI is InChI=1S/C15H16BrNO/c1-11(10-16)17-15(18)9-12-6-7-13-4-2-3-5-14(13)8-12/h2-8,11H,9-10H2,1H3,(H,17,18). The maximum absolute atomic E-state index is 11.8. The molecule has 1 atom stereocenters. The molecule has 0 aliphatic rings. The highest BCUT2D eigenvalue weighted by molar-refractivity contribution is 9.09. The molecule has 0 aliphatic carbocycles. The van der Waals surface area contributed by atoms with Gasteiger partial charge in [0.2, 0.25) is 5.91 Å². The van der Waals surface area contributed by atoms with Crippen LogP contribution in [0.25, 0.3) is 10.8 Å². The zero-order chi connectivity index (χ0) is 13.0. The number of fused-ring (bicyclic) bond motifs is 1. The van der Waals surface area contributed by atoms with Gasteiger partial charge in [0.15, 0.2) is 0 Å². The summed E-state index contributed by atoms with van der Waals surface area (Å²) in [5, 5.41) is 6.10. The molecule has 2 rings (SSSR count). The lowest BCUT2D eigenvalue weighted by Gasteiger charge is -2.10. The summed E-state index contributed by atoms with van der Waals surface area (Å²) in [5.41, 5.74) is 1.05. The highest BCUT2D eigenvalue weighted by Gasteiger charge is 2.07. The van der Waals surface area contributed by atoms with Crippen LogP contribution >= 0.6 is 15.9 Å². The minimum absolute atomic E-state index is 0.0669. The molecule has 0 aliphatic heterocycles. The van der Waals surface area contributed by atoms with E-state index in [-0.39, 0.29) is 11.9 Å². The van der Waals surface area contributed by atoms with Gasteiger partial charge in [0.25, 0.3) is 0 Å². The van der Waals surface area contributed by atoms with E-state index < -0.39 is 0 Å². The maximum Gasteiger partial charge on any atom is 0.224 e. The zero-order valence-electron chi connectivity index (χ0n) is 10.3. The van der Waals surface area contributed by atoms with Crippen molar-refractivity contribution < 1.29 is 4.79 Å². The minimum atomic E-state index is 0.0669. The van der Waals surface area contributed by atoms with E-state index in [1.807, 2.05) is 25.1 Å². The molecule has 0 saturated carbocycles. The Morgan fingerprint density at radius 3 is 2.67 bits per heavy atom. The van der Waals surface area contributed by atoms with Gasteiger partial charge in [-0.05, 0) is 23.3 Å². The smallest absolute Gasteiger partial charge is 0.224 e. The predicted octanol–water partition coefficient (Wildman–Crippen LogP) is 3.28. The normalized spacial score (nSPS) is 12.3. The van der Waals surface area contributed by atoms with Gasteiger partial charge >= 0.3 is 0 Å². The highest BCUT2D eigenvalue weighted by atomic mass is 79.9. The molecule has 1 amide bonds. The molecule has 3 heteroatoms. The van der Waals surface area contributed by atoms with Crippen molar-refractivity contribution in [2.75, 3.05) is 5.33 Å². The van der Waals surface area contributed by atoms with E-state index in [1.165, 1.54) is 10.8 Å². The molecular weight excluding hydrogens is 290 g/mol. The Bertz CT molecular complexity index is 553. The number of carbonyl (C=O) groups is 1. The number of benzene rings is 2. The zero-order valence-corrected chi connectivity index (χ0v) is 11.9. The van der Waals surface area contributed by atoms with Crippen molar-refractivity contribution in [3.05, 3.63) is 48.0 Å². The Balaban J connectivity index is 2.10. The average molecular weight is 306 g/mol. The van der Waals surface area contributed by atoms with Gasteiger partial charge in [-0.15, -0.1) is 0 Å². The second-order valence-electron chi connectivity index (χ2n) is 4.48. The predicted molar refractivity (Wildman–Crippen MR) is 79.1 cm³/mol. The van der Waals surface area contributed by atoms with E-state index >= 15 is 0 Å². The monoisotopic (exact) mass is 305 g/mol. The third-order valence-corrected chi connectivity index (χ3v) is 3.79. The lowest BCUT2D eigenvalue weighted by atomic mass is 10.0. The second kappa shape index (κ2) is 6.01. The van der Waals surface area contributed by atoms with Crippen LogP contribution < -0.4 is 5.32 Å². The minimum Gasteiger partial charge on any atom is -0.353 e. The van der Waals surface area contributed by atoms with Crippen molar-refractivity contribution >= 4 is 32.6 Å². The molecule has 0 radical (unpaired) electrons. The number of hydrogen-bond acceptors (Lipinski definition) is 1. The van der Waals surface area contributed by atoms with Gasteiger partial charge < -0.3 is 5.32 Å². The summed E-state index contributed by atoms with van der Waals surface area (Å²) in [4.78, 5) is 11.8. The fraction of sp³-hybridized carbons (Fsp3) is 0.267. The second-order valence-corrected chi connectivity index (χ2v) is 5.13. The molecule has 0 saturated heterocycles. The summed E-state index contributed by atoms with van der Waals surface area (Å²) in [6.07, 6.45) is 0.433. The maximum atomic E-state index is 11.8. The van der Waals surface area contributed by atoms with Crippen LogP contribution in [0, 0.1) is 0 Å². The van der Waals surface area contributed by atoms with Crippen molar-refractivity contribution in [2.45, 2.75) is 19.4 Å². The summed E-state index contributed by atoms with van der Waals surface area (Å²) < 4.78 is 0. The molecule has 94 valence electrons. The van der Waals surface area contributed by atoms with Gasteiger partial charge in [-0.3, -0.25) is 4.79 Å². The number of nitrogens with one attached hydrogen (secondary N) is 1. The third-order valence-electron chi connectivity index (χ3n) is 2.82. The number of hydrogen-bond donors (Lipinski definition) is 1. The van der Waals surface area contributed by atoms with Crippen LogP contribution in [0.15, 0.2) is 42.5 Å². The molecule has 1 unspecified atom stereocenters. The Kier molecular flexibility index (Phi) is 4.37. The molecule has 2 aromatic carbocycles. The van der Waals surface area contributed by atoms with Gasteiger partial charge in [-0.2, -0.15) is 0 Å². The molecule has 2 aromatic rings. The summed E-state index contributed by atoms with van der Waals surface area (Å²) in [6.45, 7) is 1.98. The van der Waals surface area contributed by atoms with Crippen LogP contribution in [-0.4, -0.2) is 17.3 Å². The Morgan fingerprint density at radius 1 is 1.22 bits per heavy atom. The number of rotatable bonds is 4. The van der Waals surface area contributed by atoms with Crippen molar-refractivity contribution in [3.63, 3.8) is 0 Å². The third kappa shape index (κ3) is 3.33. The molecule has 1 N–H and O–H groups in total. The molecule has 0 fully saturated rings. The molecule has 0 aromatic heterocycles. The molecule has 0 spiro atoms. The van der Waals surface area contributed by atoms with Crippen molar-refractivity contribution in [2.24, 2.45) is 0 Å². The lowest BCUT2D eigenvalue weighted by Crippen LogP contribution is -2.34. The first-order valence-corrected chi connectivity index (χ1v) is 7.14. The summed E-state index contributed by atoms with van der Waals surface area (Å²) in [7, 11) is 0. The largest absolute Gasteiger partial charge is 0.353 e. The van der Waals surface area contributed by atoms with Crippen molar-refractivity contribution in [1.82, 2.24) is 5.32 Å². The van der Waals surface area contributed by atoms with Crippen LogP contribution in [0.3, 0.4) is 0 Å². The van der Waals surface area contributed by atoms with Crippen molar-refractivity contribution in [1.29, 1.82) is 0 Å². The van der Waals surface area contributed by atoms with E-state index in [0.717, 1.165) is 10.9 Å². The number of halogens is 1. The van der Waals surface area contributed by atoms with Crippen LogP contribution in [0.5, 0.6) is 0 Å². The summed E-state index contributed by atoms with van der Waals surface area (Å²) in [5.74, 6) is 0.0669. The van der Waals surface area contributed by atoms with Crippen LogP contribution in [0.4, 0.5) is 0 Å². The Morgan fingerprint density at radius 2 is 1.94 bits per heavy atom. The van der Waals surface area contributed by atoms with Gasteiger partial charge in [0.1, 0.15) is 0 Å². The fourth-order valence-corrected chi connectivity index (χ4v) is 2.06. The first-order valence-electron chi connectivity index (χ1n) is 6.02.